The minimum absolute atomic E-state index is 0.191. The first-order chi connectivity index (χ1) is 34.8. The number of aliphatic hydroxyl groups excluding tert-OH is 5. The molecule has 1 aliphatic heterocycles. The standard InChI is InChI=1S/C62H113NO8/c1-3-5-7-9-11-13-14-15-16-17-18-19-20-21-22-23-24-25-26-27-28-29-30-31-32-33-34-35-36-37-38-39-40-41-42-44-46-48-50-52-58(66)63-55(56(65)51-49-47-45-43-12-10-8-6-4-2)54-70-62-61(69)60(68)59(67)57(53-64)71-62/h4,6,12,14-15,17-18,43,49,51,55-57,59-62,64-65,67-69H,3,5,7-11,13,16,19-42,44-48,50,52-54H2,1-2H3,(H,63,66)/b6-4+,15-14-,18-17-,43-12+,51-49+. The molecule has 414 valence electrons. The molecule has 7 unspecified atom stereocenters. The highest BCUT2D eigenvalue weighted by Crippen LogP contribution is 2.23. The molecule has 9 heteroatoms. The number of amides is 1. The molecule has 1 saturated heterocycles. The Hall–Kier alpha value is -2.11. The lowest BCUT2D eigenvalue weighted by Gasteiger charge is -2.40. The highest BCUT2D eigenvalue weighted by atomic mass is 16.7. The molecule has 1 rings (SSSR count). The summed E-state index contributed by atoms with van der Waals surface area (Å²) in [6.07, 6.45) is 63.7. The van der Waals surface area contributed by atoms with Crippen LogP contribution in [0.25, 0.3) is 0 Å². The first-order valence-electron chi connectivity index (χ1n) is 30.0. The minimum atomic E-state index is -1.57. The highest BCUT2D eigenvalue weighted by Gasteiger charge is 2.44. The van der Waals surface area contributed by atoms with Gasteiger partial charge in [0, 0.05) is 6.42 Å². The van der Waals surface area contributed by atoms with Crippen molar-refractivity contribution >= 4 is 5.91 Å². The van der Waals surface area contributed by atoms with E-state index in [1.807, 2.05) is 19.1 Å². The van der Waals surface area contributed by atoms with Crippen molar-refractivity contribution in [3.05, 3.63) is 60.8 Å². The van der Waals surface area contributed by atoms with Gasteiger partial charge in [-0.1, -0.05) is 254 Å². The third-order valence-electron chi connectivity index (χ3n) is 14.1. The molecule has 0 aliphatic carbocycles. The molecule has 0 bridgehead atoms. The Balaban J connectivity index is 1.99. The van der Waals surface area contributed by atoms with Crippen molar-refractivity contribution in [2.75, 3.05) is 13.2 Å². The molecule has 0 saturated carbocycles. The van der Waals surface area contributed by atoms with Gasteiger partial charge in [0.2, 0.25) is 5.91 Å². The van der Waals surface area contributed by atoms with E-state index in [9.17, 15) is 30.3 Å². The molecule has 7 atom stereocenters. The van der Waals surface area contributed by atoms with Gasteiger partial charge in [0.15, 0.2) is 6.29 Å². The van der Waals surface area contributed by atoms with E-state index < -0.39 is 49.5 Å². The fraction of sp³-hybridized carbons (Fsp3) is 0.823. The fourth-order valence-corrected chi connectivity index (χ4v) is 9.40. The number of allylic oxidation sites excluding steroid dienone is 9. The van der Waals surface area contributed by atoms with Crippen LogP contribution in [0.2, 0.25) is 0 Å². The van der Waals surface area contributed by atoms with Gasteiger partial charge in [-0.25, -0.2) is 0 Å². The summed E-state index contributed by atoms with van der Waals surface area (Å²) in [5, 5.41) is 54.1. The van der Waals surface area contributed by atoms with Crippen LogP contribution in [0.5, 0.6) is 0 Å². The van der Waals surface area contributed by atoms with E-state index in [2.05, 4.69) is 54.8 Å². The predicted octanol–water partition coefficient (Wildman–Crippen LogP) is 15.1. The molecule has 9 nitrogen and oxygen atoms in total. The molecular formula is C62H113NO8. The number of rotatable bonds is 51. The first kappa shape index (κ1) is 66.9. The summed E-state index contributed by atoms with van der Waals surface area (Å²) in [6.45, 7) is 3.52. The molecule has 0 radical (unpaired) electrons. The van der Waals surface area contributed by atoms with Gasteiger partial charge in [-0.15, -0.1) is 0 Å². The van der Waals surface area contributed by atoms with Crippen molar-refractivity contribution < 1.29 is 39.8 Å². The van der Waals surface area contributed by atoms with E-state index in [4.69, 9.17) is 9.47 Å². The van der Waals surface area contributed by atoms with E-state index in [-0.39, 0.29) is 12.5 Å². The molecule has 0 spiro atoms. The molecule has 6 N–H and O–H groups in total. The summed E-state index contributed by atoms with van der Waals surface area (Å²) < 4.78 is 11.2. The average Bonchev–Trinajstić information content (AvgIpc) is 3.37. The maximum absolute atomic E-state index is 13.0. The van der Waals surface area contributed by atoms with E-state index in [1.54, 1.807) is 6.08 Å². The van der Waals surface area contributed by atoms with E-state index in [1.165, 1.54) is 199 Å². The average molecular weight is 1000 g/mol. The Morgan fingerprint density at radius 1 is 0.507 bits per heavy atom. The van der Waals surface area contributed by atoms with Crippen molar-refractivity contribution in [1.29, 1.82) is 0 Å². The number of aliphatic hydroxyl groups is 5. The van der Waals surface area contributed by atoms with Gasteiger partial charge < -0.3 is 40.3 Å². The number of hydrogen-bond donors (Lipinski definition) is 6. The molecular weight excluding hydrogens is 887 g/mol. The van der Waals surface area contributed by atoms with Crippen LogP contribution in [-0.4, -0.2) is 87.5 Å². The number of nitrogens with one attached hydrogen (secondary N) is 1. The maximum atomic E-state index is 13.0. The number of hydrogen-bond acceptors (Lipinski definition) is 8. The lowest BCUT2D eigenvalue weighted by atomic mass is 9.99. The van der Waals surface area contributed by atoms with E-state index in [0.29, 0.717) is 6.42 Å². The molecule has 1 heterocycles. The van der Waals surface area contributed by atoms with Gasteiger partial charge in [0.1, 0.15) is 24.4 Å². The third kappa shape index (κ3) is 40.9. The summed E-state index contributed by atoms with van der Waals surface area (Å²) in [4.78, 5) is 13.0. The lowest BCUT2D eigenvalue weighted by Crippen LogP contribution is -2.60. The topological polar surface area (TPSA) is 149 Å². The van der Waals surface area contributed by atoms with Gasteiger partial charge in [0.25, 0.3) is 0 Å². The Morgan fingerprint density at radius 2 is 0.901 bits per heavy atom. The van der Waals surface area contributed by atoms with Crippen molar-refractivity contribution in [2.45, 2.75) is 314 Å². The Morgan fingerprint density at radius 3 is 1.34 bits per heavy atom. The van der Waals surface area contributed by atoms with Crippen molar-refractivity contribution in [1.82, 2.24) is 5.32 Å². The van der Waals surface area contributed by atoms with Gasteiger partial charge in [-0.3, -0.25) is 4.79 Å². The summed E-state index contributed by atoms with van der Waals surface area (Å²) in [5.41, 5.74) is 0. The zero-order valence-corrected chi connectivity index (χ0v) is 46.0. The normalized spacial score (nSPS) is 19.7. The van der Waals surface area contributed by atoms with Crippen molar-refractivity contribution in [3.8, 4) is 0 Å². The predicted molar refractivity (Wildman–Crippen MR) is 299 cm³/mol. The maximum Gasteiger partial charge on any atom is 0.220 e. The van der Waals surface area contributed by atoms with Crippen molar-refractivity contribution in [3.63, 3.8) is 0 Å². The third-order valence-corrected chi connectivity index (χ3v) is 14.1. The number of unbranched alkanes of at least 4 members (excludes halogenated alkanes) is 34. The van der Waals surface area contributed by atoms with Crippen LogP contribution in [0.4, 0.5) is 0 Å². The summed E-state index contributed by atoms with van der Waals surface area (Å²) in [7, 11) is 0. The van der Waals surface area contributed by atoms with Gasteiger partial charge in [-0.05, 0) is 71.1 Å². The number of carbonyl (C=O) groups is 1. The SMILES string of the molecule is C/C=C/CC/C=C/CC/C=C/C(O)C(COC1OC(CO)C(O)C(O)C1O)NC(=O)CCCCCCCCCCCCCCCCCCCCCCCCCCCCC/C=C\C/C=C\CCCCCCC. The molecule has 1 fully saturated rings. The zero-order valence-electron chi connectivity index (χ0n) is 46.0. The van der Waals surface area contributed by atoms with Crippen LogP contribution in [0.15, 0.2) is 60.8 Å². The zero-order chi connectivity index (χ0) is 51.5. The largest absolute Gasteiger partial charge is 0.394 e. The van der Waals surface area contributed by atoms with Crippen LogP contribution in [0.1, 0.15) is 271 Å². The quantitative estimate of drug-likeness (QED) is 0.0261. The summed E-state index contributed by atoms with van der Waals surface area (Å²) in [6, 6.07) is -0.826. The molecule has 0 aromatic heterocycles. The molecule has 0 aromatic rings. The molecule has 1 aliphatic rings. The van der Waals surface area contributed by atoms with Crippen molar-refractivity contribution in [2.24, 2.45) is 0 Å². The second-order valence-corrected chi connectivity index (χ2v) is 20.8. The second-order valence-electron chi connectivity index (χ2n) is 20.8. The van der Waals surface area contributed by atoms with Crippen LogP contribution in [0, 0.1) is 0 Å². The first-order valence-corrected chi connectivity index (χ1v) is 30.0. The van der Waals surface area contributed by atoms with Crippen LogP contribution in [-0.2, 0) is 14.3 Å². The monoisotopic (exact) mass is 1000 g/mol. The number of carbonyl (C=O) groups excluding carboxylic acids is 1. The molecule has 1 amide bonds. The van der Waals surface area contributed by atoms with Gasteiger partial charge in [-0.2, -0.15) is 0 Å². The summed E-state index contributed by atoms with van der Waals surface area (Å²) >= 11 is 0. The Kier molecular flexibility index (Phi) is 48.4. The van der Waals surface area contributed by atoms with E-state index in [0.717, 1.165) is 51.4 Å². The number of ether oxygens (including phenoxy) is 2. The second kappa shape index (κ2) is 51.4. The smallest absolute Gasteiger partial charge is 0.220 e. The lowest BCUT2D eigenvalue weighted by molar-refractivity contribution is -0.302. The Bertz CT molecular complexity index is 1300. The van der Waals surface area contributed by atoms with Gasteiger partial charge in [0.05, 0.1) is 25.4 Å². The Labute approximate surface area is 436 Å². The fourth-order valence-electron chi connectivity index (χ4n) is 9.40. The highest BCUT2D eigenvalue weighted by molar-refractivity contribution is 5.76. The molecule has 71 heavy (non-hydrogen) atoms. The minimum Gasteiger partial charge on any atom is -0.394 e. The van der Waals surface area contributed by atoms with Crippen LogP contribution >= 0.6 is 0 Å². The van der Waals surface area contributed by atoms with Gasteiger partial charge >= 0.3 is 0 Å². The van der Waals surface area contributed by atoms with E-state index >= 15 is 0 Å². The van der Waals surface area contributed by atoms with Crippen LogP contribution in [0.3, 0.4) is 0 Å². The summed E-state index contributed by atoms with van der Waals surface area (Å²) in [5.74, 6) is -0.191. The molecule has 0 aromatic carbocycles. The van der Waals surface area contributed by atoms with Crippen LogP contribution < -0.4 is 5.32 Å².